The lowest BCUT2D eigenvalue weighted by atomic mass is 9.85. The second-order valence-electron chi connectivity index (χ2n) is 6.68. The second kappa shape index (κ2) is 7.94. The van der Waals surface area contributed by atoms with E-state index < -0.39 is 36.1 Å². The van der Waals surface area contributed by atoms with Crippen molar-refractivity contribution in [1.82, 2.24) is 0 Å². The minimum atomic E-state index is -6.77. The van der Waals surface area contributed by atoms with Crippen LogP contribution in [0.2, 0.25) is 0 Å². The van der Waals surface area contributed by atoms with Crippen LogP contribution in [0.1, 0.15) is 37.5 Å². The van der Waals surface area contributed by atoms with Crippen LogP contribution in [0, 0.1) is 0 Å². The quantitative estimate of drug-likeness (QED) is 0.459. The molecule has 0 atom stereocenters. The fourth-order valence-corrected chi connectivity index (χ4v) is 3.71. The van der Waals surface area contributed by atoms with Crippen molar-refractivity contribution in [2.75, 3.05) is 14.2 Å². The molecule has 7 nitrogen and oxygen atoms in total. The summed E-state index contributed by atoms with van der Waals surface area (Å²) in [6, 6.07) is 2.94. The van der Waals surface area contributed by atoms with Crippen LogP contribution in [-0.4, -0.2) is 35.6 Å². The van der Waals surface area contributed by atoms with Crippen molar-refractivity contribution in [3.63, 3.8) is 0 Å². The zero-order valence-electron chi connectivity index (χ0n) is 15.4. The van der Waals surface area contributed by atoms with Crippen LogP contribution < -0.4 is 4.18 Å². The van der Waals surface area contributed by atoms with Crippen LogP contribution in [0.4, 0.5) is 12.7 Å². The third kappa shape index (κ3) is 5.12. The predicted molar refractivity (Wildman–Crippen MR) is 91.1 cm³/mol. The number of ether oxygens (including phenoxy) is 2. The van der Waals surface area contributed by atoms with E-state index in [1.54, 1.807) is 0 Å². The third-order valence-corrected chi connectivity index (χ3v) is 6.22. The Morgan fingerprint density at radius 2 is 1.33 bits per heavy atom. The summed E-state index contributed by atoms with van der Waals surface area (Å²) in [4.78, 5) is 0. The highest BCUT2D eigenvalue weighted by atomic mass is 32.3. The van der Waals surface area contributed by atoms with E-state index in [2.05, 4.69) is 4.18 Å². The lowest BCUT2D eigenvalue weighted by Crippen LogP contribution is -2.38. The van der Waals surface area contributed by atoms with Crippen molar-refractivity contribution in [3.05, 3.63) is 28.8 Å². The van der Waals surface area contributed by atoms with Gasteiger partial charge in [-0.05, 0) is 23.1 Å². The Morgan fingerprint density at radius 1 is 0.926 bits per heavy atom. The number of rotatable bonds is 8. The molecule has 0 spiro atoms. The maximum absolute atomic E-state index is 13.6. The van der Waals surface area contributed by atoms with Gasteiger partial charge in [0.15, 0.2) is 5.75 Å². The molecule has 12 heteroatoms. The normalized spacial score (nSPS) is 13.6. The molecule has 0 aliphatic rings. The average molecular weight is 434 g/mol. The van der Waals surface area contributed by atoms with Crippen molar-refractivity contribution in [2.24, 2.45) is 0 Å². The van der Waals surface area contributed by atoms with Crippen molar-refractivity contribution in [1.29, 1.82) is 0 Å². The fraction of sp³-hybridized carbons (Fsp3) is 0.600. The molecule has 0 aliphatic carbocycles. The molecular weight excluding hydrogens is 413 g/mol. The zero-order chi connectivity index (χ0) is 21.3. The minimum Gasteiger partial charge on any atom is -0.380 e. The molecule has 0 fully saturated rings. The summed E-state index contributed by atoms with van der Waals surface area (Å²) in [5.74, 6) is -0.602. The van der Waals surface area contributed by atoms with Crippen LogP contribution in [0.3, 0.4) is 0 Å². The lowest BCUT2D eigenvalue weighted by molar-refractivity contribution is 0.157. The maximum atomic E-state index is 13.6. The van der Waals surface area contributed by atoms with Crippen LogP contribution in [0.5, 0.6) is 5.75 Å². The van der Waals surface area contributed by atoms with Gasteiger partial charge in [0, 0.05) is 25.3 Å². The van der Waals surface area contributed by atoms with E-state index in [9.17, 15) is 29.5 Å². The molecule has 0 saturated carbocycles. The molecule has 0 aromatic heterocycles. The number of hydrogen-bond donors (Lipinski definition) is 0. The minimum absolute atomic E-state index is 0.0487. The Morgan fingerprint density at radius 3 is 1.63 bits per heavy atom. The van der Waals surface area contributed by atoms with Gasteiger partial charge in [0.25, 0.3) is 0 Å². The van der Waals surface area contributed by atoms with Gasteiger partial charge in [-0.15, -0.1) is 0 Å². The first-order chi connectivity index (χ1) is 12.1. The molecule has 27 heavy (non-hydrogen) atoms. The Bertz CT molecular complexity index is 861. The van der Waals surface area contributed by atoms with E-state index in [1.165, 1.54) is 26.4 Å². The molecule has 0 N–H and O–H groups in total. The standard InChI is InChI=1S/C15H21F3O7S2/c1-14(2,3)12-6-10(8-23-4)13(11(7-12)9-24-5)25-27(21,22)15(16,17)26(18,19)20/h6-7H,8-9H2,1-5H3. The topological polar surface area (TPSA) is 96.0 Å². The Labute approximate surface area is 156 Å². The SMILES string of the molecule is COCc1cc(C(C)(C)C)cc(COC)c1OS(=O)(=O)C(F)(F)S(=O)(=O)F. The Hall–Kier alpha value is -1.37. The zero-order valence-corrected chi connectivity index (χ0v) is 17.0. The van der Waals surface area contributed by atoms with Gasteiger partial charge in [0.1, 0.15) is 0 Å². The van der Waals surface area contributed by atoms with Crippen molar-refractivity contribution >= 4 is 20.3 Å². The smallest absolute Gasteiger partial charge is 0.380 e. The van der Waals surface area contributed by atoms with E-state index in [-0.39, 0.29) is 24.3 Å². The molecule has 0 unspecified atom stereocenters. The number of hydrogen-bond acceptors (Lipinski definition) is 7. The first kappa shape index (κ1) is 23.7. The first-order valence-corrected chi connectivity index (χ1v) is 10.3. The van der Waals surface area contributed by atoms with E-state index >= 15 is 0 Å². The van der Waals surface area contributed by atoms with E-state index in [0.717, 1.165) is 0 Å². The Kier molecular flexibility index (Phi) is 6.96. The van der Waals surface area contributed by atoms with E-state index in [1.807, 2.05) is 20.8 Å². The molecule has 1 aromatic carbocycles. The highest BCUT2D eigenvalue weighted by Gasteiger charge is 2.61. The molecular formula is C15H21F3O7S2. The van der Waals surface area contributed by atoms with Crippen LogP contribution in [0.15, 0.2) is 12.1 Å². The van der Waals surface area contributed by atoms with Crippen molar-refractivity contribution < 1.29 is 43.2 Å². The summed E-state index contributed by atoms with van der Waals surface area (Å²) in [6.45, 7) is 5.10. The maximum Gasteiger partial charge on any atom is 0.511 e. The lowest BCUT2D eigenvalue weighted by Gasteiger charge is -2.24. The van der Waals surface area contributed by atoms with Gasteiger partial charge in [0.2, 0.25) is 0 Å². The van der Waals surface area contributed by atoms with Gasteiger partial charge in [0.05, 0.1) is 13.2 Å². The summed E-state index contributed by atoms with van der Waals surface area (Å²) < 4.78 is 93.1. The number of benzene rings is 1. The predicted octanol–water partition coefficient (Wildman–Crippen LogP) is 2.84. The molecule has 1 aromatic rings. The molecule has 0 radical (unpaired) electrons. The van der Waals surface area contributed by atoms with E-state index in [4.69, 9.17) is 9.47 Å². The average Bonchev–Trinajstić information content (AvgIpc) is 2.48. The number of alkyl halides is 2. The molecule has 0 saturated heterocycles. The summed E-state index contributed by atoms with van der Waals surface area (Å²) in [7, 11) is -10.4. The van der Waals surface area contributed by atoms with Crippen molar-refractivity contribution in [3.8, 4) is 5.75 Å². The first-order valence-electron chi connectivity index (χ1n) is 7.48. The molecule has 0 heterocycles. The van der Waals surface area contributed by atoms with Crippen LogP contribution in [-0.2, 0) is 48.4 Å². The largest absolute Gasteiger partial charge is 0.511 e. The molecule has 0 bridgehead atoms. The number of methoxy groups -OCH3 is 2. The molecule has 0 amide bonds. The molecule has 1 rings (SSSR count). The van der Waals surface area contributed by atoms with Gasteiger partial charge in [-0.2, -0.15) is 25.6 Å². The van der Waals surface area contributed by atoms with Gasteiger partial charge >= 0.3 is 24.9 Å². The third-order valence-electron chi connectivity index (χ3n) is 3.48. The summed E-state index contributed by atoms with van der Waals surface area (Å²) in [5.41, 5.74) is 0.380. The Balaban J connectivity index is 3.66. The highest BCUT2D eigenvalue weighted by molar-refractivity contribution is 8.05. The van der Waals surface area contributed by atoms with Gasteiger partial charge in [-0.1, -0.05) is 24.7 Å². The summed E-state index contributed by atoms with van der Waals surface area (Å²) in [6.07, 6.45) is 0. The number of halogens is 3. The van der Waals surface area contributed by atoms with Gasteiger partial charge in [-0.3, -0.25) is 0 Å². The van der Waals surface area contributed by atoms with Crippen LogP contribution >= 0.6 is 0 Å². The van der Waals surface area contributed by atoms with E-state index in [0.29, 0.717) is 5.56 Å². The fourth-order valence-electron chi connectivity index (χ4n) is 2.10. The molecule has 156 valence electrons. The highest BCUT2D eigenvalue weighted by Crippen LogP contribution is 2.38. The van der Waals surface area contributed by atoms with Crippen molar-refractivity contribution in [2.45, 2.75) is 44.0 Å². The summed E-state index contributed by atoms with van der Waals surface area (Å²) >= 11 is 0. The second-order valence-corrected chi connectivity index (χ2v) is 9.91. The van der Waals surface area contributed by atoms with Gasteiger partial charge in [-0.25, -0.2) is 0 Å². The van der Waals surface area contributed by atoms with Gasteiger partial charge < -0.3 is 13.7 Å². The van der Waals surface area contributed by atoms with Crippen LogP contribution in [0.25, 0.3) is 0 Å². The monoisotopic (exact) mass is 434 g/mol. The molecule has 0 aliphatic heterocycles. The summed E-state index contributed by atoms with van der Waals surface area (Å²) in [5, 5.41) is 0.